The summed E-state index contributed by atoms with van der Waals surface area (Å²) in [7, 11) is 0. The van der Waals surface area contributed by atoms with Crippen molar-refractivity contribution in [2.24, 2.45) is 0 Å². The normalized spacial score (nSPS) is 11.9. The Labute approximate surface area is 116 Å². The largest absolute Gasteiger partial charge is 0.289 e. The van der Waals surface area contributed by atoms with E-state index in [9.17, 15) is 4.79 Å². The second kappa shape index (κ2) is 5.45. The summed E-state index contributed by atoms with van der Waals surface area (Å²) >= 11 is 0. The van der Waals surface area contributed by atoms with Gasteiger partial charge in [-0.25, -0.2) is 0 Å². The lowest BCUT2D eigenvalue weighted by atomic mass is 10.1. The number of hydrogen-bond donors (Lipinski definition) is 0. The van der Waals surface area contributed by atoms with Gasteiger partial charge < -0.3 is 0 Å². The van der Waals surface area contributed by atoms with Crippen molar-refractivity contribution in [1.29, 1.82) is 0 Å². The zero-order chi connectivity index (χ0) is 13.8. The molecule has 4 rings (SSSR count). The highest BCUT2D eigenvalue weighted by Gasteiger charge is 2.10. The predicted molar refractivity (Wildman–Crippen MR) is 79.3 cm³/mol. The number of ketones is 1. The van der Waals surface area contributed by atoms with Gasteiger partial charge in [-0.05, 0) is 23.8 Å². The van der Waals surface area contributed by atoms with Crippen LogP contribution in [0.1, 0.15) is 15.9 Å². The molecule has 0 fully saturated rings. The third-order valence-electron chi connectivity index (χ3n) is 3.02. The molecule has 1 aromatic heterocycles. The summed E-state index contributed by atoms with van der Waals surface area (Å²) in [6.07, 6.45) is 6.84. The summed E-state index contributed by atoms with van der Waals surface area (Å²) < 4.78 is 0. The molecule has 1 aliphatic rings. The van der Waals surface area contributed by atoms with Crippen LogP contribution in [-0.4, -0.2) is 15.8 Å². The number of allylic oxidation sites excluding steroid dienone is 1. The fourth-order valence-corrected chi connectivity index (χ4v) is 2.03. The Morgan fingerprint density at radius 2 is 1.30 bits per heavy atom. The number of nitrogens with zero attached hydrogens (tertiary/aromatic N) is 2. The Hall–Kier alpha value is -2.81. The fraction of sp³-hybridized carbons (Fsp3) is 0. The van der Waals surface area contributed by atoms with Crippen LogP contribution in [0.3, 0.4) is 0 Å². The fourth-order valence-electron chi connectivity index (χ4n) is 2.03. The first-order valence-electron chi connectivity index (χ1n) is 6.32. The van der Waals surface area contributed by atoms with E-state index in [1.807, 2.05) is 54.6 Å². The Morgan fingerprint density at radius 1 is 0.700 bits per heavy atom. The molecule has 3 heteroatoms. The average Bonchev–Trinajstić information content (AvgIpc) is 2.90. The molecule has 0 aliphatic heterocycles. The van der Waals surface area contributed by atoms with E-state index in [1.54, 1.807) is 18.5 Å². The Kier molecular flexibility index (Phi) is 3.33. The van der Waals surface area contributed by atoms with Gasteiger partial charge in [-0.15, -0.1) is 0 Å². The minimum Gasteiger partial charge on any atom is -0.289 e. The lowest BCUT2D eigenvalue weighted by Crippen LogP contribution is -1.89. The van der Waals surface area contributed by atoms with Gasteiger partial charge >= 0.3 is 0 Å². The molecule has 1 aliphatic carbocycles. The standard InChI is InChI=1S/C9H6O.C8H6N2/c10-9-6-5-7-3-1-2-4-8(7)9;1-2-4-8-7(3-1)9-5-6-10-8/h2*1-6H. The summed E-state index contributed by atoms with van der Waals surface area (Å²) in [5.41, 5.74) is 3.75. The van der Waals surface area contributed by atoms with Gasteiger partial charge in [-0.3, -0.25) is 14.8 Å². The van der Waals surface area contributed by atoms with Crippen molar-refractivity contribution in [2.45, 2.75) is 0 Å². The molecule has 0 N–H and O–H groups in total. The summed E-state index contributed by atoms with van der Waals surface area (Å²) in [4.78, 5) is 19.2. The Morgan fingerprint density at radius 3 is 1.95 bits per heavy atom. The molecule has 0 spiro atoms. The van der Waals surface area contributed by atoms with Crippen molar-refractivity contribution in [3.63, 3.8) is 0 Å². The predicted octanol–water partition coefficient (Wildman–Crippen LogP) is 3.53. The zero-order valence-electron chi connectivity index (χ0n) is 10.7. The van der Waals surface area contributed by atoms with E-state index < -0.39 is 0 Å². The number of carbonyl (C=O) groups is 1. The molecule has 0 saturated heterocycles. The molecular formula is C17H12N2O. The maximum absolute atomic E-state index is 11.0. The van der Waals surface area contributed by atoms with Crippen molar-refractivity contribution in [2.75, 3.05) is 0 Å². The number of fused-ring (bicyclic) bond motifs is 2. The summed E-state index contributed by atoms with van der Waals surface area (Å²) in [6.45, 7) is 0. The lowest BCUT2D eigenvalue weighted by Gasteiger charge is -1.92. The topological polar surface area (TPSA) is 42.9 Å². The molecule has 3 aromatic rings. The van der Waals surface area contributed by atoms with Gasteiger partial charge in [-0.1, -0.05) is 42.5 Å². The number of carbonyl (C=O) groups excluding carboxylic acids is 1. The molecule has 0 bridgehead atoms. The van der Waals surface area contributed by atoms with Gasteiger partial charge in [0.15, 0.2) is 5.78 Å². The van der Waals surface area contributed by atoms with Gasteiger partial charge in [0.25, 0.3) is 0 Å². The van der Waals surface area contributed by atoms with E-state index in [1.165, 1.54) is 0 Å². The molecule has 1 heterocycles. The molecule has 0 amide bonds. The van der Waals surface area contributed by atoms with Crippen molar-refractivity contribution in [1.82, 2.24) is 9.97 Å². The van der Waals surface area contributed by atoms with Crippen LogP contribution in [0.4, 0.5) is 0 Å². The van der Waals surface area contributed by atoms with E-state index >= 15 is 0 Å². The summed E-state index contributed by atoms with van der Waals surface area (Å²) in [6, 6.07) is 15.4. The average molecular weight is 260 g/mol. The molecule has 0 radical (unpaired) electrons. The molecule has 0 unspecified atom stereocenters. The molecule has 2 aromatic carbocycles. The van der Waals surface area contributed by atoms with Gasteiger partial charge in [0.2, 0.25) is 0 Å². The summed E-state index contributed by atoms with van der Waals surface area (Å²) in [5, 5.41) is 0. The molecule has 20 heavy (non-hydrogen) atoms. The quantitative estimate of drug-likeness (QED) is 0.621. The van der Waals surface area contributed by atoms with Crippen molar-refractivity contribution < 1.29 is 4.79 Å². The maximum Gasteiger partial charge on any atom is 0.186 e. The van der Waals surface area contributed by atoms with Crippen LogP contribution in [0.15, 0.2) is 67.0 Å². The molecule has 96 valence electrons. The van der Waals surface area contributed by atoms with Gasteiger partial charge in [0.05, 0.1) is 11.0 Å². The number of benzene rings is 2. The van der Waals surface area contributed by atoms with Gasteiger partial charge in [-0.2, -0.15) is 0 Å². The smallest absolute Gasteiger partial charge is 0.186 e. The number of para-hydroxylation sites is 2. The molecule has 0 saturated carbocycles. The Balaban J connectivity index is 0.000000121. The van der Waals surface area contributed by atoms with Crippen LogP contribution in [0.2, 0.25) is 0 Å². The van der Waals surface area contributed by atoms with Crippen molar-refractivity contribution >= 4 is 22.9 Å². The monoisotopic (exact) mass is 260 g/mol. The van der Waals surface area contributed by atoms with E-state index in [0.29, 0.717) is 0 Å². The second-order valence-corrected chi connectivity index (χ2v) is 4.33. The highest BCUT2D eigenvalue weighted by molar-refractivity contribution is 6.13. The second-order valence-electron chi connectivity index (χ2n) is 4.33. The molecular weight excluding hydrogens is 248 g/mol. The first-order valence-corrected chi connectivity index (χ1v) is 6.32. The highest BCUT2D eigenvalue weighted by Crippen LogP contribution is 2.17. The summed E-state index contributed by atoms with van der Waals surface area (Å²) in [5.74, 6) is 0.121. The third-order valence-corrected chi connectivity index (χ3v) is 3.02. The van der Waals surface area contributed by atoms with Crippen LogP contribution in [-0.2, 0) is 0 Å². The van der Waals surface area contributed by atoms with E-state index in [2.05, 4.69) is 9.97 Å². The zero-order valence-corrected chi connectivity index (χ0v) is 10.7. The van der Waals surface area contributed by atoms with Crippen LogP contribution >= 0.6 is 0 Å². The minimum absolute atomic E-state index is 0.121. The number of aromatic nitrogens is 2. The van der Waals surface area contributed by atoms with Crippen LogP contribution in [0.25, 0.3) is 17.1 Å². The highest BCUT2D eigenvalue weighted by atomic mass is 16.1. The first kappa shape index (κ1) is 12.2. The Bertz CT molecular complexity index is 728. The maximum atomic E-state index is 11.0. The number of rotatable bonds is 0. The van der Waals surface area contributed by atoms with Crippen LogP contribution in [0, 0.1) is 0 Å². The van der Waals surface area contributed by atoms with Crippen molar-refractivity contribution in [3.05, 3.63) is 78.1 Å². The molecule has 0 atom stereocenters. The van der Waals surface area contributed by atoms with Crippen LogP contribution < -0.4 is 0 Å². The van der Waals surface area contributed by atoms with E-state index in [0.717, 1.165) is 22.2 Å². The van der Waals surface area contributed by atoms with Crippen molar-refractivity contribution in [3.8, 4) is 0 Å². The van der Waals surface area contributed by atoms with Gasteiger partial charge in [0, 0.05) is 18.0 Å². The SMILES string of the molecule is O=C1C=Cc2ccccc21.c1ccc2nccnc2c1. The third kappa shape index (κ3) is 2.47. The molecule has 3 nitrogen and oxygen atoms in total. The lowest BCUT2D eigenvalue weighted by molar-refractivity contribution is 0.105. The number of hydrogen-bond acceptors (Lipinski definition) is 3. The minimum atomic E-state index is 0.121. The van der Waals surface area contributed by atoms with E-state index in [-0.39, 0.29) is 5.78 Å². The van der Waals surface area contributed by atoms with E-state index in [4.69, 9.17) is 0 Å². The van der Waals surface area contributed by atoms with Crippen LogP contribution in [0.5, 0.6) is 0 Å². The first-order chi connectivity index (χ1) is 9.84. The van der Waals surface area contributed by atoms with Gasteiger partial charge in [0.1, 0.15) is 0 Å².